The fourth-order valence-electron chi connectivity index (χ4n) is 3.82. The van der Waals surface area contributed by atoms with E-state index in [2.05, 4.69) is 11.4 Å². The van der Waals surface area contributed by atoms with Gasteiger partial charge in [-0.15, -0.1) is 11.3 Å². The number of carbonyl (C=O) groups excluding carboxylic acids is 1. The number of likely N-dealkylation sites (tertiary alicyclic amines) is 1. The summed E-state index contributed by atoms with van der Waals surface area (Å²) in [7, 11) is 0. The molecule has 2 aliphatic rings. The standard InChI is InChI=1S/C19H20FNO3S/c20-14-3-1-13(2-4-14)17(22)18(23)21-9-7-19(8-10-21)15-6-12-25-16(15)5-11-24-19/h1-4,6,12,17,22H,5,7-11H2. The van der Waals surface area contributed by atoms with Crippen molar-refractivity contribution in [1.82, 2.24) is 4.90 Å². The van der Waals surface area contributed by atoms with E-state index in [4.69, 9.17) is 4.74 Å². The third-order valence-corrected chi connectivity index (χ3v) is 6.23. The third-order valence-electron chi connectivity index (χ3n) is 5.25. The second kappa shape index (κ2) is 6.52. The van der Waals surface area contributed by atoms with Gasteiger partial charge in [-0.2, -0.15) is 0 Å². The van der Waals surface area contributed by atoms with Crippen molar-refractivity contribution < 1.29 is 19.0 Å². The third kappa shape index (κ3) is 2.99. The van der Waals surface area contributed by atoms with Crippen molar-refractivity contribution in [3.63, 3.8) is 0 Å². The molecule has 0 bridgehead atoms. The first-order valence-corrected chi connectivity index (χ1v) is 9.40. The summed E-state index contributed by atoms with van der Waals surface area (Å²) in [5, 5.41) is 12.4. The molecular weight excluding hydrogens is 341 g/mol. The summed E-state index contributed by atoms with van der Waals surface area (Å²) in [5.41, 5.74) is 1.40. The SMILES string of the molecule is O=C(C(O)c1ccc(F)cc1)N1CCC2(CC1)OCCc1sccc12. The quantitative estimate of drug-likeness (QED) is 0.895. The monoisotopic (exact) mass is 361 g/mol. The van der Waals surface area contributed by atoms with Gasteiger partial charge in [-0.1, -0.05) is 12.1 Å². The molecule has 0 saturated carbocycles. The fourth-order valence-corrected chi connectivity index (χ4v) is 4.77. The Morgan fingerprint density at radius 2 is 1.96 bits per heavy atom. The van der Waals surface area contributed by atoms with Crippen molar-refractivity contribution in [1.29, 1.82) is 0 Å². The van der Waals surface area contributed by atoms with Gasteiger partial charge in [0.15, 0.2) is 6.10 Å². The summed E-state index contributed by atoms with van der Waals surface area (Å²) in [4.78, 5) is 15.7. The normalized spacial score (nSPS) is 20.3. The molecule has 0 radical (unpaired) electrons. The summed E-state index contributed by atoms with van der Waals surface area (Å²) in [6.45, 7) is 1.82. The zero-order chi connectivity index (χ0) is 17.4. The maximum Gasteiger partial charge on any atom is 0.256 e. The summed E-state index contributed by atoms with van der Waals surface area (Å²) in [6.07, 6.45) is 1.18. The molecule has 2 aromatic rings. The first-order chi connectivity index (χ1) is 12.1. The highest BCUT2D eigenvalue weighted by molar-refractivity contribution is 7.10. The minimum absolute atomic E-state index is 0.287. The molecule has 1 spiro atoms. The molecule has 132 valence electrons. The fraction of sp³-hybridized carbons (Fsp3) is 0.421. The predicted octanol–water partition coefficient (Wildman–Crippen LogP) is 3.01. The first-order valence-electron chi connectivity index (χ1n) is 8.52. The van der Waals surface area contributed by atoms with Gasteiger partial charge in [-0.3, -0.25) is 4.79 Å². The Morgan fingerprint density at radius 1 is 1.24 bits per heavy atom. The van der Waals surface area contributed by atoms with Gasteiger partial charge < -0.3 is 14.7 Å². The van der Waals surface area contributed by atoms with Crippen LogP contribution >= 0.6 is 11.3 Å². The van der Waals surface area contributed by atoms with Crippen molar-refractivity contribution in [2.75, 3.05) is 19.7 Å². The summed E-state index contributed by atoms with van der Waals surface area (Å²) >= 11 is 1.77. The minimum atomic E-state index is -1.25. The second-order valence-electron chi connectivity index (χ2n) is 6.63. The largest absolute Gasteiger partial charge is 0.378 e. The van der Waals surface area contributed by atoms with Crippen LogP contribution in [0.25, 0.3) is 0 Å². The van der Waals surface area contributed by atoms with Crippen LogP contribution in [0, 0.1) is 5.82 Å². The molecule has 0 aliphatic carbocycles. The molecule has 1 aromatic heterocycles. The van der Waals surface area contributed by atoms with Crippen LogP contribution < -0.4 is 0 Å². The Hall–Kier alpha value is -1.76. The van der Waals surface area contributed by atoms with Crippen LogP contribution in [-0.4, -0.2) is 35.6 Å². The molecule has 4 nitrogen and oxygen atoms in total. The van der Waals surface area contributed by atoms with Crippen LogP contribution in [0.5, 0.6) is 0 Å². The lowest BCUT2D eigenvalue weighted by Gasteiger charge is -2.44. The predicted molar refractivity (Wildman–Crippen MR) is 92.8 cm³/mol. The van der Waals surface area contributed by atoms with Crippen LogP contribution in [-0.2, 0) is 21.6 Å². The Morgan fingerprint density at radius 3 is 2.68 bits per heavy atom. The van der Waals surface area contributed by atoms with Crippen LogP contribution in [0.15, 0.2) is 35.7 Å². The number of piperidine rings is 1. The van der Waals surface area contributed by atoms with Gasteiger partial charge in [0.1, 0.15) is 5.82 Å². The highest BCUT2D eigenvalue weighted by Crippen LogP contribution is 2.43. The molecule has 6 heteroatoms. The number of rotatable bonds is 2. The van der Waals surface area contributed by atoms with Crippen LogP contribution in [0.1, 0.15) is 34.9 Å². The van der Waals surface area contributed by atoms with Gasteiger partial charge in [0.05, 0.1) is 12.2 Å². The Balaban J connectivity index is 1.45. The van der Waals surface area contributed by atoms with E-state index < -0.39 is 6.10 Å². The van der Waals surface area contributed by atoms with E-state index in [0.717, 1.165) is 25.9 Å². The van der Waals surface area contributed by atoms with Crippen molar-refractivity contribution >= 4 is 17.2 Å². The molecule has 1 fully saturated rings. The molecule has 4 rings (SSSR count). The van der Waals surface area contributed by atoms with Gasteiger partial charge in [0.2, 0.25) is 0 Å². The average Bonchev–Trinajstić information content (AvgIpc) is 3.12. The van der Waals surface area contributed by atoms with Crippen LogP contribution in [0.3, 0.4) is 0 Å². The number of thiophene rings is 1. The molecule has 3 heterocycles. The van der Waals surface area contributed by atoms with Gasteiger partial charge in [0, 0.05) is 24.4 Å². The maximum atomic E-state index is 13.0. The van der Waals surface area contributed by atoms with Crippen LogP contribution in [0.4, 0.5) is 4.39 Å². The van der Waals surface area contributed by atoms with E-state index in [0.29, 0.717) is 18.7 Å². The van der Waals surface area contributed by atoms with Crippen molar-refractivity contribution in [3.8, 4) is 0 Å². The molecule has 1 unspecified atom stereocenters. The maximum absolute atomic E-state index is 13.0. The van der Waals surface area contributed by atoms with E-state index in [-0.39, 0.29) is 17.3 Å². The number of aliphatic hydroxyl groups is 1. The second-order valence-corrected chi connectivity index (χ2v) is 7.63. The Kier molecular flexibility index (Phi) is 4.35. The zero-order valence-electron chi connectivity index (χ0n) is 13.8. The number of hydrogen-bond acceptors (Lipinski definition) is 4. The van der Waals surface area contributed by atoms with Crippen molar-refractivity contribution in [2.24, 2.45) is 0 Å². The number of nitrogens with zero attached hydrogens (tertiary/aromatic N) is 1. The number of carbonyl (C=O) groups is 1. The lowest BCUT2D eigenvalue weighted by atomic mass is 9.82. The van der Waals surface area contributed by atoms with E-state index >= 15 is 0 Å². The number of hydrogen-bond donors (Lipinski definition) is 1. The van der Waals surface area contributed by atoms with E-state index in [1.165, 1.54) is 34.7 Å². The summed E-state index contributed by atoms with van der Waals surface area (Å²) in [6, 6.07) is 7.55. The average molecular weight is 361 g/mol. The van der Waals surface area contributed by atoms with Crippen LogP contribution in [0.2, 0.25) is 0 Å². The topological polar surface area (TPSA) is 49.8 Å². The minimum Gasteiger partial charge on any atom is -0.378 e. The number of ether oxygens (including phenoxy) is 1. The van der Waals surface area contributed by atoms with E-state index in [1.54, 1.807) is 16.2 Å². The van der Waals surface area contributed by atoms with E-state index in [1.807, 2.05) is 0 Å². The Bertz CT molecular complexity index is 765. The number of aliphatic hydroxyl groups excluding tert-OH is 1. The first kappa shape index (κ1) is 16.7. The molecule has 1 aromatic carbocycles. The van der Waals surface area contributed by atoms with Gasteiger partial charge >= 0.3 is 0 Å². The highest BCUT2D eigenvalue weighted by atomic mass is 32.1. The molecule has 1 atom stereocenters. The molecular formula is C19H20FNO3S. The summed E-state index contributed by atoms with van der Waals surface area (Å²) < 4.78 is 19.2. The van der Waals surface area contributed by atoms with Gasteiger partial charge in [0.25, 0.3) is 5.91 Å². The number of benzene rings is 1. The van der Waals surface area contributed by atoms with Gasteiger partial charge in [-0.05, 0) is 47.5 Å². The molecule has 25 heavy (non-hydrogen) atoms. The smallest absolute Gasteiger partial charge is 0.256 e. The summed E-state index contributed by atoms with van der Waals surface area (Å²) in [5.74, 6) is -0.716. The van der Waals surface area contributed by atoms with Gasteiger partial charge in [-0.25, -0.2) is 4.39 Å². The molecule has 1 saturated heterocycles. The lowest BCUT2D eigenvalue weighted by Crippen LogP contribution is -2.49. The lowest BCUT2D eigenvalue weighted by molar-refractivity contribution is -0.149. The number of halogens is 1. The zero-order valence-corrected chi connectivity index (χ0v) is 14.6. The Labute approximate surface area is 149 Å². The molecule has 1 N–H and O–H groups in total. The van der Waals surface area contributed by atoms with Crippen molar-refractivity contribution in [2.45, 2.75) is 31.0 Å². The molecule has 1 amide bonds. The van der Waals surface area contributed by atoms with E-state index in [9.17, 15) is 14.3 Å². The van der Waals surface area contributed by atoms with Crippen molar-refractivity contribution in [3.05, 3.63) is 57.5 Å². The number of amides is 1. The molecule has 2 aliphatic heterocycles. The highest BCUT2D eigenvalue weighted by Gasteiger charge is 2.42. The number of fused-ring (bicyclic) bond motifs is 2.